The molecule has 0 fully saturated rings. The van der Waals surface area contributed by atoms with Crippen LogP contribution in [0.15, 0.2) is 53.6 Å². The largest absolute Gasteiger partial charge is 0.489 e. The summed E-state index contributed by atoms with van der Waals surface area (Å²) >= 11 is 5.87. The fraction of sp³-hybridized carbons (Fsp3) is 0.364. The third-order valence-corrected chi connectivity index (χ3v) is 4.43. The Morgan fingerprint density at radius 3 is 2.41 bits per heavy atom. The highest BCUT2D eigenvalue weighted by atomic mass is 35.5. The predicted octanol–water partition coefficient (Wildman–Crippen LogP) is 6.00. The van der Waals surface area contributed by atoms with Gasteiger partial charge >= 0.3 is 0 Å². The average molecular weight is 387 g/mol. The van der Waals surface area contributed by atoms with Gasteiger partial charge in [-0.3, -0.25) is 4.79 Å². The standard InChI is InChI=1S/C22H27ClN2O2/c1-3-4-5-6-7-17(2)24-25-22(26)19-10-14-21(15-11-19)27-16-18-8-12-20(23)13-9-18/h8-15H,3-7,16H2,1-2H3,(H,25,26)/b24-17-. The number of hydrogen-bond donors (Lipinski definition) is 1. The second-order valence-corrected chi connectivity index (χ2v) is 6.97. The molecule has 0 aliphatic heterocycles. The molecule has 1 amide bonds. The van der Waals surface area contributed by atoms with E-state index in [0.29, 0.717) is 22.9 Å². The van der Waals surface area contributed by atoms with E-state index in [2.05, 4.69) is 17.5 Å². The van der Waals surface area contributed by atoms with Crippen LogP contribution in [0, 0.1) is 0 Å². The summed E-state index contributed by atoms with van der Waals surface area (Å²) < 4.78 is 5.73. The van der Waals surface area contributed by atoms with E-state index >= 15 is 0 Å². The number of ether oxygens (including phenoxy) is 1. The van der Waals surface area contributed by atoms with E-state index < -0.39 is 0 Å². The number of carbonyl (C=O) groups is 1. The summed E-state index contributed by atoms with van der Waals surface area (Å²) in [7, 11) is 0. The van der Waals surface area contributed by atoms with E-state index in [0.717, 1.165) is 24.1 Å². The minimum Gasteiger partial charge on any atom is -0.489 e. The number of unbranched alkanes of at least 4 members (excludes halogenated alkanes) is 3. The van der Waals surface area contributed by atoms with Gasteiger partial charge in [0.2, 0.25) is 0 Å². The molecule has 144 valence electrons. The minimum atomic E-state index is -0.216. The van der Waals surface area contributed by atoms with E-state index in [-0.39, 0.29) is 5.91 Å². The SMILES string of the molecule is CCCCCC/C(C)=N\NC(=O)c1ccc(OCc2ccc(Cl)cc2)cc1. The van der Waals surface area contributed by atoms with Crippen molar-refractivity contribution in [3.63, 3.8) is 0 Å². The fourth-order valence-electron chi connectivity index (χ4n) is 2.52. The van der Waals surface area contributed by atoms with Crippen LogP contribution >= 0.6 is 11.6 Å². The lowest BCUT2D eigenvalue weighted by Gasteiger charge is -2.07. The van der Waals surface area contributed by atoms with Crippen molar-refractivity contribution < 1.29 is 9.53 Å². The maximum Gasteiger partial charge on any atom is 0.271 e. The molecule has 0 aliphatic carbocycles. The lowest BCUT2D eigenvalue weighted by atomic mass is 10.1. The Morgan fingerprint density at radius 1 is 1.04 bits per heavy atom. The number of benzene rings is 2. The van der Waals surface area contributed by atoms with Crippen LogP contribution in [-0.2, 0) is 6.61 Å². The Kier molecular flexibility index (Phi) is 8.85. The van der Waals surface area contributed by atoms with Gasteiger partial charge in [-0.25, -0.2) is 5.43 Å². The van der Waals surface area contributed by atoms with E-state index in [1.54, 1.807) is 24.3 Å². The van der Waals surface area contributed by atoms with Gasteiger partial charge in [0.05, 0.1) is 0 Å². The summed E-state index contributed by atoms with van der Waals surface area (Å²) in [5, 5.41) is 4.88. The molecule has 0 saturated carbocycles. The van der Waals surface area contributed by atoms with Gasteiger partial charge in [0.15, 0.2) is 0 Å². The number of rotatable bonds is 10. The number of hydrogen-bond acceptors (Lipinski definition) is 3. The van der Waals surface area contributed by atoms with Crippen molar-refractivity contribution in [2.24, 2.45) is 5.10 Å². The fourth-order valence-corrected chi connectivity index (χ4v) is 2.65. The van der Waals surface area contributed by atoms with Gasteiger partial charge in [0.1, 0.15) is 12.4 Å². The highest BCUT2D eigenvalue weighted by Gasteiger charge is 2.05. The number of amides is 1. The van der Waals surface area contributed by atoms with Crippen molar-refractivity contribution in [3.05, 3.63) is 64.7 Å². The minimum absolute atomic E-state index is 0.216. The Labute approximate surface area is 166 Å². The molecule has 5 heteroatoms. The van der Waals surface area contributed by atoms with Crippen LogP contribution in [0.25, 0.3) is 0 Å². The molecular formula is C22H27ClN2O2. The summed E-state index contributed by atoms with van der Waals surface area (Å²) in [6, 6.07) is 14.6. The molecule has 1 N–H and O–H groups in total. The monoisotopic (exact) mass is 386 g/mol. The molecule has 0 aromatic heterocycles. The smallest absolute Gasteiger partial charge is 0.271 e. The van der Waals surface area contributed by atoms with E-state index in [1.165, 1.54) is 19.3 Å². The molecular weight excluding hydrogens is 360 g/mol. The number of nitrogens with one attached hydrogen (secondary N) is 1. The lowest BCUT2D eigenvalue weighted by molar-refractivity contribution is 0.0954. The van der Waals surface area contributed by atoms with Gasteiger partial charge in [-0.05, 0) is 61.7 Å². The summed E-state index contributed by atoms with van der Waals surface area (Å²) in [5.41, 5.74) is 5.15. The van der Waals surface area contributed by atoms with E-state index in [1.807, 2.05) is 31.2 Å². The Bertz CT molecular complexity index is 740. The van der Waals surface area contributed by atoms with Crippen LogP contribution in [0.1, 0.15) is 61.9 Å². The van der Waals surface area contributed by atoms with Crippen molar-refractivity contribution in [1.29, 1.82) is 0 Å². The van der Waals surface area contributed by atoms with Gasteiger partial charge in [0.25, 0.3) is 5.91 Å². The van der Waals surface area contributed by atoms with Crippen molar-refractivity contribution in [3.8, 4) is 5.75 Å². The molecule has 0 aliphatic rings. The molecule has 0 heterocycles. The summed E-state index contributed by atoms with van der Waals surface area (Å²) in [6.07, 6.45) is 5.68. The quantitative estimate of drug-likeness (QED) is 0.309. The van der Waals surface area contributed by atoms with Gasteiger partial charge in [-0.15, -0.1) is 0 Å². The van der Waals surface area contributed by atoms with Crippen molar-refractivity contribution in [2.45, 2.75) is 52.6 Å². The van der Waals surface area contributed by atoms with Crippen LogP contribution < -0.4 is 10.2 Å². The highest BCUT2D eigenvalue weighted by Crippen LogP contribution is 2.16. The maximum absolute atomic E-state index is 12.2. The predicted molar refractivity (Wildman–Crippen MR) is 112 cm³/mol. The van der Waals surface area contributed by atoms with Gasteiger partial charge in [0, 0.05) is 16.3 Å². The molecule has 0 unspecified atom stereocenters. The van der Waals surface area contributed by atoms with Gasteiger partial charge in [-0.1, -0.05) is 49.9 Å². The number of hydrazone groups is 1. The zero-order valence-electron chi connectivity index (χ0n) is 16.0. The van der Waals surface area contributed by atoms with Crippen LogP contribution in [0.4, 0.5) is 0 Å². The molecule has 2 rings (SSSR count). The molecule has 0 bridgehead atoms. The summed E-state index contributed by atoms with van der Waals surface area (Å²) in [5.74, 6) is 0.490. The van der Waals surface area contributed by atoms with E-state index in [4.69, 9.17) is 16.3 Å². The normalized spacial score (nSPS) is 11.3. The first kappa shape index (κ1) is 21.0. The number of halogens is 1. The third-order valence-electron chi connectivity index (χ3n) is 4.18. The molecule has 0 radical (unpaired) electrons. The molecule has 0 atom stereocenters. The molecule has 27 heavy (non-hydrogen) atoms. The van der Waals surface area contributed by atoms with Crippen LogP contribution in [0.2, 0.25) is 5.02 Å². The number of nitrogens with zero attached hydrogens (tertiary/aromatic N) is 1. The molecule has 2 aromatic rings. The number of carbonyl (C=O) groups excluding carboxylic acids is 1. The zero-order valence-corrected chi connectivity index (χ0v) is 16.8. The van der Waals surface area contributed by atoms with Gasteiger partial charge < -0.3 is 4.74 Å². The third kappa shape index (κ3) is 7.83. The first-order valence-electron chi connectivity index (χ1n) is 9.39. The zero-order chi connectivity index (χ0) is 19.5. The van der Waals surface area contributed by atoms with Crippen LogP contribution in [0.5, 0.6) is 5.75 Å². The second-order valence-electron chi connectivity index (χ2n) is 6.54. The summed E-state index contributed by atoms with van der Waals surface area (Å²) in [4.78, 5) is 12.2. The topological polar surface area (TPSA) is 50.7 Å². The first-order chi connectivity index (χ1) is 13.1. The van der Waals surface area contributed by atoms with E-state index in [9.17, 15) is 4.79 Å². The van der Waals surface area contributed by atoms with Crippen molar-refractivity contribution in [1.82, 2.24) is 5.43 Å². The molecule has 4 nitrogen and oxygen atoms in total. The summed E-state index contributed by atoms with van der Waals surface area (Å²) in [6.45, 7) is 4.58. The Hall–Kier alpha value is -2.33. The van der Waals surface area contributed by atoms with Crippen molar-refractivity contribution >= 4 is 23.2 Å². The average Bonchev–Trinajstić information content (AvgIpc) is 2.69. The first-order valence-corrected chi connectivity index (χ1v) is 9.77. The Morgan fingerprint density at radius 2 is 1.74 bits per heavy atom. The molecule has 2 aromatic carbocycles. The molecule has 0 saturated heterocycles. The maximum atomic E-state index is 12.2. The van der Waals surface area contributed by atoms with Crippen LogP contribution in [0.3, 0.4) is 0 Å². The van der Waals surface area contributed by atoms with Gasteiger partial charge in [-0.2, -0.15) is 5.10 Å². The highest BCUT2D eigenvalue weighted by molar-refractivity contribution is 6.30. The molecule has 0 spiro atoms. The van der Waals surface area contributed by atoms with Crippen molar-refractivity contribution in [2.75, 3.05) is 0 Å². The van der Waals surface area contributed by atoms with Crippen LogP contribution in [-0.4, -0.2) is 11.6 Å². The Balaban J connectivity index is 1.79. The second kappa shape index (κ2) is 11.4. The lowest BCUT2D eigenvalue weighted by Crippen LogP contribution is -2.19.